The normalized spacial score (nSPS) is 12.5. The maximum Gasteiger partial charge on any atom is 0.236 e. The summed E-state index contributed by atoms with van der Waals surface area (Å²) in [5, 5.41) is 5.82. The van der Waals surface area contributed by atoms with E-state index in [0.29, 0.717) is 12.5 Å². The lowest BCUT2D eigenvalue weighted by molar-refractivity contribution is -0.123. The van der Waals surface area contributed by atoms with Gasteiger partial charge in [-0.25, -0.2) is 4.39 Å². The van der Waals surface area contributed by atoms with Crippen molar-refractivity contribution in [3.8, 4) is 0 Å². The maximum atomic E-state index is 13.2. The summed E-state index contributed by atoms with van der Waals surface area (Å²) < 4.78 is 14.0. The molecule has 2 N–H and O–H groups in total. The average molecular weight is 331 g/mol. The Kier molecular flexibility index (Phi) is 6.45. The third-order valence-corrected chi connectivity index (χ3v) is 3.59. The van der Waals surface area contributed by atoms with E-state index in [1.165, 1.54) is 12.1 Å². The number of amides is 1. The molecule has 1 rings (SSSR count). The molecule has 0 heterocycles. The minimum Gasteiger partial charge on any atom is -0.358 e. The zero-order valence-corrected chi connectivity index (χ0v) is 13.1. The van der Waals surface area contributed by atoms with Crippen LogP contribution < -0.4 is 10.6 Å². The molecule has 0 aliphatic rings. The predicted octanol–water partition coefficient (Wildman–Crippen LogP) is 2.84. The van der Waals surface area contributed by atoms with Gasteiger partial charge in [-0.05, 0) is 36.1 Å². The highest BCUT2D eigenvalue weighted by molar-refractivity contribution is 9.10. The van der Waals surface area contributed by atoms with Crippen molar-refractivity contribution < 1.29 is 9.18 Å². The number of rotatable bonds is 6. The van der Waals surface area contributed by atoms with Crippen molar-refractivity contribution in [2.75, 3.05) is 7.05 Å². The van der Waals surface area contributed by atoms with Gasteiger partial charge in [0, 0.05) is 18.1 Å². The molecule has 1 unspecified atom stereocenters. The molecule has 0 fully saturated rings. The molecular weight excluding hydrogens is 311 g/mol. The summed E-state index contributed by atoms with van der Waals surface area (Å²) >= 11 is 3.38. The summed E-state index contributed by atoms with van der Waals surface area (Å²) in [7, 11) is 1.62. The van der Waals surface area contributed by atoms with Gasteiger partial charge in [-0.15, -0.1) is 0 Å². The molecule has 0 bridgehead atoms. The highest BCUT2D eigenvalue weighted by Gasteiger charge is 2.18. The Balaban J connectivity index is 2.70. The second-order valence-corrected chi connectivity index (χ2v) is 5.77. The standard InChI is InChI=1S/C14H20BrFN2O/c1-9(2)6-13(14(19)17-3)18-8-10-7-11(16)4-5-12(10)15/h4-5,7,9,13,18H,6,8H2,1-3H3,(H,17,19). The fourth-order valence-electron chi connectivity index (χ4n) is 1.84. The Morgan fingerprint density at radius 3 is 2.68 bits per heavy atom. The van der Waals surface area contributed by atoms with Crippen molar-refractivity contribution in [1.82, 2.24) is 10.6 Å². The first-order valence-electron chi connectivity index (χ1n) is 6.33. The lowest BCUT2D eigenvalue weighted by atomic mass is 10.0. The smallest absolute Gasteiger partial charge is 0.236 e. The summed E-state index contributed by atoms with van der Waals surface area (Å²) in [4.78, 5) is 11.8. The predicted molar refractivity (Wildman–Crippen MR) is 78.2 cm³/mol. The third kappa shape index (κ3) is 5.28. The van der Waals surface area contributed by atoms with Gasteiger partial charge in [0.15, 0.2) is 0 Å². The van der Waals surface area contributed by atoms with Crippen LogP contribution in [0.1, 0.15) is 25.8 Å². The van der Waals surface area contributed by atoms with Crippen molar-refractivity contribution in [3.63, 3.8) is 0 Å². The van der Waals surface area contributed by atoms with E-state index in [1.54, 1.807) is 13.1 Å². The van der Waals surface area contributed by atoms with Gasteiger partial charge in [-0.2, -0.15) is 0 Å². The van der Waals surface area contributed by atoms with Gasteiger partial charge < -0.3 is 10.6 Å². The number of hydrogen-bond acceptors (Lipinski definition) is 2. The van der Waals surface area contributed by atoms with Crippen LogP contribution in [0, 0.1) is 11.7 Å². The third-order valence-electron chi connectivity index (χ3n) is 2.82. The number of nitrogens with one attached hydrogen (secondary N) is 2. The van der Waals surface area contributed by atoms with Crippen molar-refractivity contribution in [3.05, 3.63) is 34.1 Å². The van der Waals surface area contributed by atoms with Gasteiger partial charge in [-0.1, -0.05) is 29.8 Å². The number of carbonyl (C=O) groups excluding carboxylic acids is 1. The molecule has 0 radical (unpaired) electrons. The minimum absolute atomic E-state index is 0.0405. The summed E-state index contributed by atoms with van der Waals surface area (Å²) in [6.07, 6.45) is 0.743. The van der Waals surface area contributed by atoms with Gasteiger partial charge in [0.05, 0.1) is 6.04 Å². The average Bonchev–Trinajstić information content (AvgIpc) is 2.36. The highest BCUT2D eigenvalue weighted by atomic mass is 79.9. The molecule has 5 heteroatoms. The Morgan fingerprint density at radius 1 is 1.42 bits per heavy atom. The molecule has 1 atom stereocenters. The molecule has 0 aromatic heterocycles. The topological polar surface area (TPSA) is 41.1 Å². The van der Waals surface area contributed by atoms with Crippen LogP contribution in [-0.2, 0) is 11.3 Å². The summed E-state index contributed by atoms with van der Waals surface area (Å²) in [6.45, 7) is 4.58. The second-order valence-electron chi connectivity index (χ2n) is 4.91. The largest absolute Gasteiger partial charge is 0.358 e. The van der Waals surface area contributed by atoms with Crippen LogP contribution in [0.15, 0.2) is 22.7 Å². The van der Waals surface area contributed by atoms with Gasteiger partial charge in [-0.3, -0.25) is 4.79 Å². The van der Waals surface area contributed by atoms with Crippen molar-refractivity contribution in [1.29, 1.82) is 0 Å². The van der Waals surface area contributed by atoms with Crippen LogP contribution in [0.3, 0.4) is 0 Å². The number of likely N-dealkylation sites (N-methyl/N-ethyl adjacent to an activating group) is 1. The van der Waals surface area contributed by atoms with Crippen LogP contribution in [0.25, 0.3) is 0 Å². The van der Waals surface area contributed by atoms with Crippen molar-refractivity contribution >= 4 is 21.8 Å². The molecule has 106 valence electrons. The summed E-state index contributed by atoms with van der Waals surface area (Å²) in [5.41, 5.74) is 0.803. The molecule has 1 amide bonds. The van der Waals surface area contributed by atoms with E-state index in [9.17, 15) is 9.18 Å². The van der Waals surface area contributed by atoms with Crippen LogP contribution in [0.4, 0.5) is 4.39 Å². The fourth-order valence-corrected chi connectivity index (χ4v) is 2.23. The first-order chi connectivity index (χ1) is 8.93. The minimum atomic E-state index is -0.277. The van der Waals surface area contributed by atoms with Gasteiger partial charge >= 0.3 is 0 Å². The van der Waals surface area contributed by atoms with Crippen LogP contribution in [-0.4, -0.2) is 19.0 Å². The molecular formula is C14H20BrFN2O. The first kappa shape index (κ1) is 16.1. The zero-order valence-electron chi connectivity index (χ0n) is 11.5. The van der Waals surface area contributed by atoms with E-state index in [2.05, 4.69) is 40.4 Å². The first-order valence-corrected chi connectivity index (χ1v) is 7.12. The molecule has 1 aromatic carbocycles. The van der Waals surface area contributed by atoms with Crippen molar-refractivity contribution in [2.24, 2.45) is 5.92 Å². The molecule has 0 saturated carbocycles. The SMILES string of the molecule is CNC(=O)C(CC(C)C)NCc1cc(F)ccc1Br. The van der Waals surface area contributed by atoms with E-state index in [0.717, 1.165) is 16.5 Å². The Labute approximate surface area is 122 Å². The molecule has 0 saturated heterocycles. The van der Waals surface area contributed by atoms with Crippen molar-refractivity contribution in [2.45, 2.75) is 32.9 Å². The number of hydrogen-bond donors (Lipinski definition) is 2. The van der Waals surface area contributed by atoms with Crippen LogP contribution >= 0.6 is 15.9 Å². The number of halogens is 2. The van der Waals surface area contributed by atoms with E-state index in [-0.39, 0.29) is 17.8 Å². The lowest BCUT2D eigenvalue weighted by Crippen LogP contribution is -2.43. The van der Waals surface area contributed by atoms with Gasteiger partial charge in [0.1, 0.15) is 5.82 Å². The summed E-state index contributed by atoms with van der Waals surface area (Å²) in [5.74, 6) is 0.0901. The zero-order chi connectivity index (χ0) is 14.4. The fraction of sp³-hybridized carbons (Fsp3) is 0.500. The quantitative estimate of drug-likeness (QED) is 0.842. The Morgan fingerprint density at radius 2 is 2.11 bits per heavy atom. The molecule has 0 aliphatic carbocycles. The van der Waals surface area contributed by atoms with Crippen LogP contribution in [0.2, 0.25) is 0 Å². The van der Waals surface area contributed by atoms with Gasteiger partial charge in [0.25, 0.3) is 0 Å². The van der Waals surface area contributed by atoms with E-state index < -0.39 is 0 Å². The highest BCUT2D eigenvalue weighted by Crippen LogP contribution is 2.18. The number of carbonyl (C=O) groups is 1. The maximum absolute atomic E-state index is 13.2. The van der Waals surface area contributed by atoms with Crippen LogP contribution in [0.5, 0.6) is 0 Å². The second kappa shape index (κ2) is 7.60. The van der Waals surface area contributed by atoms with E-state index >= 15 is 0 Å². The molecule has 19 heavy (non-hydrogen) atoms. The Hall–Kier alpha value is -0.940. The van der Waals surface area contributed by atoms with E-state index in [1.807, 2.05) is 0 Å². The van der Waals surface area contributed by atoms with Gasteiger partial charge in [0.2, 0.25) is 5.91 Å². The lowest BCUT2D eigenvalue weighted by Gasteiger charge is -2.19. The molecule has 0 aliphatic heterocycles. The monoisotopic (exact) mass is 330 g/mol. The molecule has 0 spiro atoms. The Bertz CT molecular complexity index is 437. The van der Waals surface area contributed by atoms with E-state index in [4.69, 9.17) is 0 Å². The molecule has 3 nitrogen and oxygen atoms in total. The number of benzene rings is 1. The summed E-state index contributed by atoms with van der Waals surface area (Å²) in [6, 6.07) is 4.27. The molecule has 1 aromatic rings.